The van der Waals surface area contributed by atoms with Gasteiger partial charge < -0.3 is 14.8 Å². The highest BCUT2D eigenvalue weighted by Crippen LogP contribution is 2.15. The van der Waals surface area contributed by atoms with Crippen LogP contribution in [0.15, 0.2) is 67.3 Å². The number of imidazole rings is 1. The maximum atomic E-state index is 12.6. The molecular formula is C23H27N5O. The lowest BCUT2D eigenvalue weighted by Gasteiger charge is -2.32. The van der Waals surface area contributed by atoms with E-state index in [4.69, 9.17) is 0 Å². The molecule has 0 aliphatic carbocycles. The number of nitrogens with one attached hydrogen (secondary N) is 1. The van der Waals surface area contributed by atoms with Gasteiger partial charge in [-0.1, -0.05) is 24.3 Å². The van der Waals surface area contributed by atoms with Gasteiger partial charge in [0.2, 0.25) is 0 Å². The number of amides is 1. The minimum absolute atomic E-state index is 0.0871. The summed E-state index contributed by atoms with van der Waals surface area (Å²) in [5.41, 5.74) is 3.85. The Kier molecular flexibility index (Phi) is 6.03. The van der Waals surface area contributed by atoms with Crippen LogP contribution in [-0.2, 0) is 13.1 Å². The average molecular weight is 390 g/mol. The molecule has 1 N–H and O–H groups in total. The fraction of sp³-hybridized carbons (Fsp3) is 0.304. The molecule has 29 heavy (non-hydrogen) atoms. The molecule has 0 radical (unpaired) electrons. The van der Waals surface area contributed by atoms with Gasteiger partial charge in [0.1, 0.15) is 0 Å². The number of benzene rings is 2. The van der Waals surface area contributed by atoms with Crippen molar-refractivity contribution < 1.29 is 4.79 Å². The molecule has 1 amide bonds. The minimum atomic E-state index is -0.0871. The van der Waals surface area contributed by atoms with Crippen LogP contribution in [0, 0.1) is 0 Å². The summed E-state index contributed by atoms with van der Waals surface area (Å²) in [5.74, 6) is -0.0871. The Morgan fingerprint density at radius 3 is 2.52 bits per heavy atom. The van der Waals surface area contributed by atoms with E-state index in [1.165, 1.54) is 5.56 Å². The van der Waals surface area contributed by atoms with Gasteiger partial charge in [-0.05, 0) is 42.4 Å². The molecule has 0 saturated carbocycles. The number of nitrogens with zero attached hydrogens (tertiary/aromatic N) is 4. The first-order chi connectivity index (χ1) is 14.2. The molecule has 6 heteroatoms. The number of piperazine rings is 1. The number of aromatic nitrogens is 2. The summed E-state index contributed by atoms with van der Waals surface area (Å²) in [5, 5.41) is 3.03. The highest BCUT2D eigenvalue weighted by Gasteiger charge is 2.14. The number of hydrogen-bond donors (Lipinski definition) is 1. The molecule has 1 saturated heterocycles. The molecule has 150 valence electrons. The number of anilines is 1. The third-order valence-electron chi connectivity index (χ3n) is 5.33. The van der Waals surface area contributed by atoms with Gasteiger partial charge in [-0.3, -0.25) is 9.69 Å². The van der Waals surface area contributed by atoms with Crippen molar-refractivity contribution in [2.45, 2.75) is 13.1 Å². The summed E-state index contributed by atoms with van der Waals surface area (Å²) < 4.78 is 2.00. The fourth-order valence-corrected chi connectivity index (χ4v) is 3.57. The first-order valence-electron chi connectivity index (χ1n) is 10.0. The van der Waals surface area contributed by atoms with E-state index in [2.05, 4.69) is 39.3 Å². The van der Waals surface area contributed by atoms with E-state index in [1.54, 1.807) is 12.5 Å². The molecule has 1 fully saturated rings. The third-order valence-corrected chi connectivity index (χ3v) is 5.33. The third kappa shape index (κ3) is 5.31. The first-order valence-corrected chi connectivity index (χ1v) is 10.0. The Balaban J connectivity index is 1.35. The van der Waals surface area contributed by atoms with Crippen LogP contribution in [-0.4, -0.2) is 58.5 Å². The highest BCUT2D eigenvalue weighted by atomic mass is 16.1. The molecule has 2 aromatic carbocycles. The van der Waals surface area contributed by atoms with Crippen molar-refractivity contribution in [3.05, 3.63) is 83.9 Å². The number of likely N-dealkylation sites (N-methyl/N-ethyl adjacent to an activating group) is 1. The standard InChI is InChI=1S/C23H27N5O/c1-26-11-13-27(14-12-26)17-20-3-2-4-22(15-20)25-23(29)21-7-5-19(6-8-21)16-28-10-9-24-18-28/h2-10,15,18H,11-14,16-17H2,1H3,(H,25,29). The maximum absolute atomic E-state index is 12.6. The second-order valence-electron chi connectivity index (χ2n) is 7.67. The molecule has 1 aromatic heterocycles. The molecule has 4 rings (SSSR count). The molecule has 0 atom stereocenters. The monoisotopic (exact) mass is 389 g/mol. The topological polar surface area (TPSA) is 53.4 Å². The van der Waals surface area contributed by atoms with Crippen molar-refractivity contribution in [3.63, 3.8) is 0 Å². The van der Waals surface area contributed by atoms with Gasteiger partial charge in [0.15, 0.2) is 0 Å². The van der Waals surface area contributed by atoms with Crippen molar-refractivity contribution in [3.8, 4) is 0 Å². The Morgan fingerprint density at radius 1 is 1.00 bits per heavy atom. The minimum Gasteiger partial charge on any atom is -0.333 e. The Hall–Kier alpha value is -2.96. The lowest BCUT2D eigenvalue weighted by Crippen LogP contribution is -2.43. The van der Waals surface area contributed by atoms with Crippen molar-refractivity contribution >= 4 is 11.6 Å². The predicted molar refractivity (Wildman–Crippen MR) is 115 cm³/mol. The van der Waals surface area contributed by atoms with Gasteiger partial charge in [0.25, 0.3) is 5.91 Å². The molecule has 1 aliphatic rings. The molecular weight excluding hydrogens is 362 g/mol. The van der Waals surface area contributed by atoms with E-state index >= 15 is 0 Å². The van der Waals surface area contributed by atoms with Crippen LogP contribution in [0.1, 0.15) is 21.5 Å². The van der Waals surface area contributed by atoms with Crippen LogP contribution >= 0.6 is 0 Å². The summed E-state index contributed by atoms with van der Waals surface area (Å²) in [6, 6.07) is 15.9. The number of carbonyl (C=O) groups excluding carboxylic acids is 1. The van der Waals surface area contributed by atoms with Crippen molar-refractivity contribution in [2.24, 2.45) is 0 Å². The molecule has 2 heterocycles. The largest absolute Gasteiger partial charge is 0.333 e. The fourth-order valence-electron chi connectivity index (χ4n) is 3.57. The van der Waals surface area contributed by atoms with E-state index in [0.29, 0.717) is 5.56 Å². The van der Waals surface area contributed by atoms with Gasteiger partial charge in [-0.15, -0.1) is 0 Å². The molecule has 0 spiro atoms. The van der Waals surface area contributed by atoms with Gasteiger partial charge in [0, 0.05) is 62.9 Å². The summed E-state index contributed by atoms with van der Waals surface area (Å²) in [4.78, 5) is 21.5. The normalized spacial score (nSPS) is 15.3. The molecule has 3 aromatic rings. The molecule has 0 bridgehead atoms. The van der Waals surface area contributed by atoms with Gasteiger partial charge in [-0.25, -0.2) is 4.98 Å². The predicted octanol–water partition coefficient (Wildman–Crippen LogP) is 2.93. The zero-order chi connectivity index (χ0) is 20.1. The van der Waals surface area contributed by atoms with Gasteiger partial charge >= 0.3 is 0 Å². The molecule has 0 unspecified atom stereocenters. The number of rotatable bonds is 6. The highest BCUT2D eigenvalue weighted by molar-refractivity contribution is 6.04. The Morgan fingerprint density at radius 2 is 1.79 bits per heavy atom. The van der Waals surface area contributed by atoms with Crippen LogP contribution < -0.4 is 5.32 Å². The zero-order valence-corrected chi connectivity index (χ0v) is 16.8. The van der Waals surface area contributed by atoms with Gasteiger partial charge in [-0.2, -0.15) is 0 Å². The van der Waals surface area contributed by atoms with Crippen LogP contribution in [0.4, 0.5) is 5.69 Å². The lowest BCUT2D eigenvalue weighted by atomic mass is 10.1. The van der Waals surface area contributed by atoms with E-state index in [1.807, 2.05) is 47.2 Å². The van der Waals surface area contributed by atoms with Gasteiger partial charge in [0.05, 0.1) is 6.33 Å². The average Bonchev–Trinajstić information content (AvgIpc) is 3.24. The summed E-state index contributed by atoms with van der Waals surface area (Å²) in [7, 11) is 2.16. The summed E-state index contributed by atoms with van der Waals surface area (Å²) in [6.07, 6.45) is 5.48. The molecule has 1 aliphatic heterocycles. The van der Waals surface area contributed by atoms with Crippen LogP contribution in [0.5, 0.6) is 0 Å². The lowest BCUT2D eigenvalue weighted by molar-refractivity contribution is 0.102. The number of carbonyl (C=O) groups is 1. The molecule has 6 nitrogen and oxygen atoms in total. The van der Waals surface area contributed by atoms with Crippen LogP contribution in [0.3, 0.4) is 0 Å². The van der Waals surface area contributed by atoms with Crippen LogP contribution in [0.2, 0.25) is 0 Å². The smallest absolute Gasteiger partial charge is 0.255 e. The summed E-state index contributed by atoms with van der Waals surface area (Å²) >= 11 is 0. The van der Waals surface area contributed by atoms with E-state index in [9.17, 15) is 4.79 Å². The maximum Gasteiger partial charge on any atom is 0.255 e. The zero-order valence-electron chi connectivity index (χ0n) is 16.8. The Labute approximate surface area is 171 Å². The quantitative estimate of drug-likeness (QED) is 0.704. The Bertz CT molecular complexity index is 928. The second-order valence-corrected chi connectivity index (χ2v) is 7.67. The van der Waals surface area contributed by atoms with E-state index in [0.717, 1.165) is 50.5 Å². The first kappa shape index (κ1) is 19.4. The van der Waals surface area contributed by atoms with Crippen molar-refractivity contribution in [2.75, 3.05) is 38.5 Å². The van der Waals surface area contributed by atoms with Crippen molar-refractivity contribution in [1.29, 1.82) is 0 Å². The van der Waals surface area contributed by atoms with Crippen molar-refractivity contribution in [1.82, 2.24) is 19.4 Å². The summed E-state index contributed by atoms with van der Waals surface area (Å²) in [6.45, 7) is 6.04. The number of hydrogen-bond acceptors (Lipinski definition) is 4. The SMILES string of the molecule is CN1CCN(Cc2cccc(NC(=O)c3ccc(Cn4ccnc4)cc3)c2)CC1. The van der Waals surface area contributed by atoms with Crippen LogP contribution in [0.25, 0.3) is 0 Å². The second kappa shape index (κ2) is 9.03. The van der Waals surface area contributed by atoms with E-state index < -0.39 is 0 Å². The van der Waals surface area contributed by atoms with E-state index in [-0.39, 0.29) is 5.91 Å².